The Morgan fingerprint density at radius 2 is 2.15 bits per heavy atom. The molecule has 7 heteroatoms. The quantitative estimate of drug-likeness (QED) is 0.819. The number of nitrogens with one attached hydrogen (secondary N) is 1. The van der Waals surface area contributed by atoms with Crippen LogP contribution in [0.2, 0.25) is 5.02 Å². The number of halogens is 2. The zero-order valence-electron chi connectivity index (χ0n) is 15.0. The number of hydrogen-bond acceptors (Lipinski definition) is 4. The number of phenolic OH excluding ortho intramolecular Hbond substituents is 1. The van der Waals surface area contributed by atoms with Crippen LogP contribution in [-0.4, -0.2) is 48.3 Å². The molecule has 0 spiro atoms. The molecule has 144 valence electrons. The highest BCUT2D eigenvalue weighted by Gasteiger charge is 2.29. The molecule has 1 fully saturated rings. The monoisotopic (exact) mass is 392 g/mol. The highest BCUT2D eigenvalue weighted by atomic mass is 35.5. The second kappa shape index (κ2) is 8.69. The first-order valence-corrected chi connectivity index (χ1v) is 9.21. The van der Waals surface area contributed by atoms with E-state index in [2.05, 4.69) is 10.2 Å². The van der Waals surface area contributed by atoms with Crippen LogP contribution in [-0.2, 0) is 4.74 Å². The first kappa shape index (κ1) is 19.6. The van der Waals surface area contributed by atoms with E-state index in [-0.39, 0.29) is 24.0 Å². The van der Waals surface area contributed by atoms with Gasteiger partial charge in [-0.05, 0) is 31.2 Å². The maximum atomic E-state index is 14.6. The number of amides is 1. The molecule has 5 nitrogen and oxygen atoms in total. The van der Waals surface area contributed by atoms with E-state index in [0.29, 0.717) is 30.3 Å². The van der Waals surface area contributed by atoms with E-state index in [9.17, 15) is 14.3 Å². The van der Waals surface area contributed by atoms with Crippen LogP contribution in [0.5, 0.6) is 5.75 Å². The lowest BCUT2D eigenvalue weighted by Crippen LogP contribution is -2.47. The zero-order valence-corrected chi connectivity index (χ0v) is 15.7. The van der Waals surface area contributed by atoms with Crippen molar-refractivity contribution in [1.82, 2.24) is 10.2 Å². The van der Waals surface area contributed by atoms with E-state index in [4.69, 9.17) is 16.3 Å². The largest absolute Gasteiger partial charge is 0.507 e. The average Bonchev–Trinajstić information content (AvgIpc) is 2.64. The van der Waals surface area contributed by atoms with E-state index in [1.165, 1.54) is 18.2 Å². The maximum Gasteiger partial charge on any atom is 0.255 e. The Kier molecular flexibility index (Phi) is 6.31. The Hall–Kier alpha value is -2.15. The number of phenols is 1. The molecule has 2 aromatic carbocycles. The number of carbonyl (C=O) groups excluding carboxylic acids is 1. The Morgan fingerprint density at radius 3 is 2.85 bits per heavy atom. The van der Waals surface area contributed by atoms with Crippen molar-refractivity contribution in [2.24, 2.45) is 0 Å². The van der Waals surface area contributed by atoms with Gasteiger partial charge in [0.25, 0.3) is 5.91 Å². The fraction of sp³-hybridized carbons (Fsp3) is 0.350. The molecule has 1 aliphatic heterocycles. The standard InChI is InChI=1S/C20H22ClFN2O3/c1-13-12-24(9-10-27-13)17(19-15(21)6-4-7-16(19)22)11-23-20(26)14-5-2-3-8-18(14)25/h2-8,13,17,25H,9-12H2,1H3,(H,23,26). The summed E-state index contributed by atoms with van der Waals surface area (Å²) in [5.74, 6) is -0.939. The van der Waals surface area contributed by atoms with E-state index in [1.807, 2.05) is 6.92 Å². The van der Waals surface area contributed by atoms with Crippen molar-refractivity contribution in [1.29, 1.82) is 0 Å². The normalized spacial score (nSPS) is 18.9. The molecule has 2 N–H and O–H groups in total. The minimum Gasteiger partial charge on any atom is -0.507 e. The summed E-state index contributed by atoms with van der Waals surface area (Å²) in [4.78, 5) is 14.5. The summed E-state index contributed by atoms with van der Waals surface area (Å²) in [5, 5.41) is 13.0. The Bertz CT molecular complexity index is 797. The highest BCUT2D eigenvalue weighted by molar-refractivity contribution is 6.31. The van der Waals surface area contributed by atoms with Crippen molar-refractivity contribution >= 4 is 17.5 Å². The van der Waals surface area contributed by atoms with Gasteiger partial charge in [0.15, 0.2) is 0 Å². The highest BCUT2D eigenvalue weighted by Crippen LogP contribution is 2.31. The molecule has 3 rings (SSSR count). The van der Waals surface area contributed by atoms with Gasteiger partial charge < -0.3 is 15.2 Å². The Labute approximate surface area is 162 Å². The van der Waals surface area contributed by atoms with Crippen LogP contribution in [0.25, 0.3) is 0 Å². The number of rotatable bonds is 5. The van der Waals surface area contributed by atoms with Gasteiger partial charge in [-0.1, -0.05) is 29.8 Å². The van der Waals surface area contributed by atoms with Gasteiger partial charge in [-0.3, -0.25) is 9.69 Å². The van der Waals surface area contributed by atoms with E-state index < -0.39 is 17.8 Å². The van der Waals surface area contributed by atoms with E-state index >= 15 is 0 Å². The number of morpholine rings is 1. The average molecular weight is 393 g/mol. The second-order valence-corrected chi connectivity index (χ2v) is 6.96. The molecule has 1 aliphatic rings. The minimum atomic E-state index is -0.445. The van der Waals surface area contributed by atoms with Crippen LogP contribution < -0.4 is 5.32 Å². The molecular formula is C20H22ClFN2O3. The fourth-order valence-corrected chi connectivity index (χ4v) is 3.61. The molecule has 1 amide bonds. The summed E-state index contributed by atoms with van der Waals surface area (Å²) in [6.07, 6.45) is 0.000619. The lowest BCUT2D eigenvalue weighted by molar-refractivity contribution is -0.0346. The van der Waals surface area contributed by atoms with Gasteiger partial charge in [-0.15, -0.1) is 0 Å². The van der Waals surface area contributed by atoms with Gasteiger partial charge in [-0.2, -0.15) is 0 Å². The van der Waals surface area contributed by atoms with Gasteiger partial charge in [0.2, 0.25) is 0 Å². The summed E-state index contributed by atoms with van der Waals surface area (Å²) >= 11 is 6.29. The number of hydrogen-bond donors (Lipinski definition) is 2. The van der Waals surface area contributed by atoms with Crippen LogP contribution in [0.1, 0.15) is 28.9 Å². The van der Waals surface area contributed by atoms with Gasteiger partial charge >= 0.3 is 0 Å². The van der Waals surface area contributed by atoms with Crippen molar-refractivity contribution in [3.63, 3.8) is 0 Å². The third kappa shape index (κ3) is 4.58. The molecule has 2 aromatic rings. The van der Waals surface area contributed by atoms with Gasteiger partial charge in [0.1, 0.15) is 11.6 Å². The SMILES string of the molecule is CC1CN(C(CNC(=O)c2ccccc2O)c2c(F)cccc2Cl)CCO1. The first-order chi connectivity index (χ1) is 13.0. The van der Waals surface area contributed by atoms with Gasteiger partial charge in [0, 0.05) is 30.2 Å². The maximum absolute atomic E-state index is 14.6. The molecule has 0 aliphatic carbocycles. The van der Waals surface area contributed by atoms with Crippen molar-refractivity contribution in [3.8, 4) is 5.75 Å². The Morgan fingerprint density at radius 1 is 1.37 bits per heavy atom. The second-order valence-electron chi connectivity index (χ2n) is 6.55. The summed E-state index contributed by atoms with van der Waals surface area (Å²) in [6.45, 7) is 3.83. The molecule has 0 aromatic heterocycles. The summed E-state index contributed by atoms with van der Waals surface area (Å²) in [6, 6.07) is 10.4. The summed E-state index contributed by atoms with van der Waals surface area (Å²) in [5.41, 5.74) is 0.525. The third-order valence-electron chi connectivity index (χ3n) is 4.65. The van der Waals surface area contributed by atoms with Crippen LogP contribution in [0.4, 0.5) is 4.39 Å². The molecule has 2 atom stereocenters. The van der Waals surface area contributed by atoms with E-state index in [1.54, 1.807) is 24.3 Å². The van der Waals surface area contributed by atoms with Crippen molar-refractivity contribution in [2.75, 3.05) is 26.2 Å². The molecule has 0 bridgehead atoms. The van der Waals surface area contributed by atoms with Crippen LogP contribution in [0.15, 0.2) is 42.5 Å². The molecule has 0 saturated carbocycles. The number of ether oxygens (including phenoxy) is 1. The number of para-hydroxylation sites is 1. The summed E-state index contributed by atoms with van der Waals surface area (Å²) in [7, 11) is 0. The number of aromatic hydroxyl groups is 1. The lowest BCUT2D eigenvalue weighted by Gasteiger charge is -2.38. The van der Waals surface area contributed by atoms with Crippen molar-refractivity contribution in [2.45, 2.75) is 19.1 Å². The first-order valence-electron chi connectivity index (χ1n) is 8.83. The van der Waals surface area contributed by atoms with Crippen LogP contribution in [0, 0.1) is 5.82 Å². The topological polar surface area (TPSA) is 61.8 Å². The molecule has 1 saturated heterocycles. The number of benzene rings is 2. The van der Waals surface area contributed by atoms with Crippen LogP contribution in [0.3, 0.4) is 0 Å². The predicted molar refractivity (Wildman–Crippen MR) is 102 cm³/mol. The molecule has 27 heavy (non-hydrogen) atoms. The number of nitrogens with zero attached hydrogens (tertiary/aromatic N) is 1. The molecule has 1 heterocycles. The van der Waals surface area contributed by atoms with Gasteiger partial charge in [-0.25, -0.2) is 4.39 Å². The summed E-state index contributed by atoms with van der Waals surface area (Å²) < 4.78 is 20.1. The van der Waals surface area contributed by atoms with Crippen LogP contribution >= 0.6 is 11.6 Å². The zero-order chi connectivity index (χ0) is 19.4. The smallest absolute Gasteiger partial charge is 0.255 e. The van der Waals surface area contributed by atoms with Crippen molar-refractivity contribution in [3.05, 3.63) is 64.4 Å². The third-order valence-corrected chi connectivity index (χ3v) is 4.98. The van der Waals surface area contributed by atoms with E-state index in [0.717, 1.165) is 0 Å². The minimum absolute atomic E-state index is 0.000619. The van der Waals surface area contributed by atoms with Crippen molar-refractivity contribution < 1.29 is 19.0 Å². The lowest BCUT2D eigenvalue weighted by atomic mass is 10.0. The fourth-order valence-electron chi connectivity index (χ4n) is 3.32. The molecule has 0 radical (unpaired) electrons. The molecule has 2 unspecified atom stereocenters. The van der Waals surface area contributed by atoms with Gasteiger partial charge in [0.05, 0.1) is 24.3 Å². The number of carbonyl (C=O) groups is 1. The molecular weight excluding hydrogens is 371 g/mol. The predicted octanol–water partition coefficient (Wildman–Crippen LogP) is 3.38. The Balaban J connectivity index is 1.84.